The zero-order valence-corrected chi connectivity index (χ0v) is 16.6. The highest BCUT2D eigenvalue weighted by molar-refractivity contribution is 5.80. The van der Waals surface area contributed by atoms with Crippen LogP contribution in [0, 0.1) is 12.8 Å². The third-order valence-corrected chi connectivity index (χ3v) is 6.06. The molecular weight excluding hydrogens is 324 g/mol. The second kappa shape index (κ2) is 9.93. The first-order chi connectivity index (χ1) is 12.7. The lowest BCUT2D eigenvalue weighted by Gasteiger charge is -2.22. The summed E-state index contributed by atoms with van der Waals surface area (Å²) in [4.78, 5) is 4.79. The van der Waals surface area contributed by atoms with Crippen molar-refractivity contribution >= 4 is 5.96 Å². The Morgan fingerprint density at radius 3 is 2.50 bits per heavy atom. The monoisotopic (exact) mass is 360 g/mol. The van der Waals surface area contributed by atoms with E-state index >= 15 is 0 Å². The molecule has 0 amide bonds. The van der Waals surface area contributed by atoms with Gasteiger partial charge in [-0.05, 0) is 38.5 Å². The van der Waals surface area contributed by atoms with E-state index in [1.165, 1.54) is 70.6 Å². The van der Waals surface area contributed by atoms with E-state index in [-0.39, 0.29) is 0 Å². The van der Waals surface area contributed by atoms with Crippen LogP contribution in [0.25, 0.3) is 0 Å². The van der Waals surface area contributed by atoms with E-state index in [0.29, 0.717) is 12.6 Å². The maximum atomic E-state index is 4.79. The van der Waals surface area contributed by atoms with E-state index in [1.54, 1.807) is 0 Å². The van der Waals surface area contributed by atoms with Crippen molar-refractivity contribution in [3.8, 4) is 0 Å². The smallest absolute Gasteiger partial charge is 0.191 e. The highest BCUT2D eigenvalue weighted by atomic mass is 15.3. The van der Waals surface area contributed by atoms with Crippen molar-refractivity contribution in [3.63, 3.8) is 0 Å². The van der Waals surface area contributed by atoms with E-state index in [0.717, 1.165) is 30.1 Å². The number of rotatable bonds is 7. The summed E-state index contributed by atoms with van der Waals surface area (Å²) in [6, 6.07) is 0.570. The van der Waals surface area contributed by atoms with Crippen molar-refractivity contribution in [3.05, 3.63) is 11.6 Å². The predicted octanol–water partition coefficient (Wildman–Crippen LogP) is 3.46. The average Bonchev–Trinajstić information content (AvgIpc) is 3.28. The van der Waals surface area contributed by atoms with Crippen molar-refractivity contribution in [1.82, 2.24) is 25.4 Å². The quantitative estimate of drug-likeness (QED) is 0.444. The molecule has 6 nitrogen and oxygen atoms in total. The summed E-state index contributed by atoms with van der Waals surface area (Å²) in [6.07, 6.45) is 14.9. The molecule has 0 spiro atoms. The van der Waals surface area contributed by atoms with E-state index in [4.69, 9.17) is 4.99 Å². The zero-order chi connectivity index (χ0) is 18.2. The van der Waals surface area contributed by atoms with Crippen molar-refractivity contribution in [2.75, 3.05) is 6.54 Å². The molecular formula is C20H36N6. The Bertz CT molecular complexity index is 567. The molecule has 1 aromatic heterocycles. The van der Waals surface area contributed by atoms with Crippen molar-refractivity contribution in [1.29, 1.82) is 0 Å². The van der Waals surface area contributed by atoms with Gasteiger partial charge in [-0.15, -0.1) is 10.2 Å². The number of nitrogens with zero attached hydrogens (tertiary/aromatic N) is 4. The molecule has 2 saturated carbocycles. The molecule has 0 atom stereocenters. The third-order valence-electron chi connectivity index (χ3n) is 6.06. The van der Waals surface area contributed by atoms with Crippen LogP contribution in [-0.2, 0) is 13.6 Å². The summed E-state index contributed by atoms with van der Waals surface area (Å²) in [5.41, 5.74) is 0. The molecule has 3 rings (SSSR count). The molecule has 2 N–H and O–H groups in total. The van der Waals surface area contributed by atoms with Gasteiger partial charge in [0.15, 0.2) is 11.8 Å². The Morgan fingerprint density at radius 2 is 1.81 bits per heavy atom. The SMILES string of the molecule is Cc1nnc(CN=C(NCCCC2CCCCC2)NC2CCCC2)n1C. The Labute approximate surface area is 158 Å². The van der Waals surface area contributed by atoms with Crippen LogP contribution in [0.1, 0.15) is 82.3 Å². The van der Waals surface area contributed by atoms with Gasteiger partial charge in [0.25, 0.3) is 0 Å². The molecule has 26 heavy (non-hydrogen) atoms. The lowest BCUT2D eigenvalue weighted by atomic mass is 9.86. The van der Waals surface area contributed by atoms with Gasteiger partial charge < -0.3 is 15.2 Å². The van der Waals surface area contributed by atoms with Gasteiger partial charge >= 0.3 is 0 Å². The summed E-state index contributed by atoms with van der Waals surface area (Å²) < 4.78 is 2.01. The number of hydrogen-bond acceptors (Lipinski definition) is 3. The van der Waals surface area contributed by atoms with Crippen LogP contribution in [0.2, 0.25) is 0 Å². The Morgan fingerprint density at radius 1 is 1.08 bits per heavy atom. The number of aliphatic imine (C=N–C) groups is 1. The van der Waals surface area contributed by atoms with Gasteiger partial charge in [-0.3, -0.25) is 0 Å². The summed E-state index contributed by atoms with van der Waals surface area (Å²) in [6.45, 7) is 3.55. The molecule has 6 heteroatoms. The minimum absolute atomic E-state index is 0.570. The fourth-order valence-corrected chi connectivity index (χ4v) is 4.23. The van der Waals surface area contributed by atoms with Gasteiger partial charge in [-0.2, -0.15) is 0 Å². The van der Waals surface area contributed by atoms with E-state index < -0.39 is 0 Å². The summed E-state index contributed by atoms with van der Waals surface area (Å²) in [5, 5.41) is 15.6. The van der Waals surface area contributed by atoms with Crippen LogP contribution in [0.4, 0.5) is 0 Å². The summed E-state index contributed by atoms with van der Waals surface area (Å²) >= 11 is 0. The zero-order valence-electron chi connectivity index (χ0n) is 16.6. The number of nitrogens with one attached hydrogen (secondary N) is 2. The molecule has 2 fully saturated rings. The number of aryl methyl sites for hydroxylation is 1. The molecule has 0 aromatic carbocycles. The minimum Gasteiger partial charge on any atom is -0.356 e. The van der Waals surface area contributed by atoms with E-state index in [9.17, 15) is 0 Å². The molecule has 1 heterocycles. The Balaban J connectivity index is 1.48. The van der Waals surface area contributed by atoms with Gasteiger partial charge in [-0.25, -0.2) is 4.99 Å². The molecule has 2 aliphatic rings. The fraction of sp³-hybridized carbons (Fsp3) is 0.850. The average molecular weight is 361 g/mol. The number of guanidine groups is 1. The normalized spacial score (nSPS) is 19.8. The number of hydrogen-bond donors (Lipinski definition) is 2. The van der Waals surface area contributed by atoms with Gasteiger partial charge in [0, 0.05) is 19.6 Å². The standard InChI is InChI=1S/C20H36N6/c1-16-24-25-19(26(16)2)15-22-20(23-18-12-6-7-13-18)21-14-8-11-17-9-4-3-5-10-17/h17-18H,3-15H2,1-2H3,(H2,21,22,23). The maximum Gasteiger partial charge on any atom is 0.191 e. The van der Waals surface area contributed by atoms with Gasteiger partial charge in [0.1, 0.15) is 12.4 Å². The van der Waals surface area contributed by atoms with Crippen LogP contribution in [0.15, 0.2) is 4.99 Å². The van der Waals surface area contributed by atoms with Crippen LogP contribution < -0.4 is 10.6 Å². The minimum atomic E-state index is 0.570. The van der Waals surface area contributed by atoms with Crippen molar-refractivity contribution in [2.45, 2.75) is 90.1 Å². The second-order valence-corrected chi connectivity index (χ2v) is 8.09. The molecule has 0 radical (unpaired) electrons. The largest absolute Gasteiger partial charge is 0.356 e. The van der Waals surface area contributed by atoms with E-state index in [1.807, 2.05) is 18.5 Å². The number of aromatic nitrogens is 3. The maximum absolute atomic E-state index is 4.79. The highest BCUT2D eigenvalue weighted by Gasteiger charge is 2.17. The van der Waals surface area contributed by atoms with Gasteiger partial charge in [0.2, 0.25) is 0 Å². The van der Waals surface area contributed by atoms with Crippen LogP contribution in [-0.4, -0.2) is 33.3 Å². The molecule has 146 valence electrons. The molecule has 0 unspecified atom stereocenters. The lowest BCUT2D eigenvalue weighted by molar-refractivity contribution is 0.332. The van der Waals surface area contributed by atoms with Gasteiger partial charge in [0.05, 0.1) is 0 Å². The highest BCUT2D eigenvalue weighted by Crippen LogP contribution is 2.27. The molecule has 0 bridgehead atoms. The summed E-state index contributed by atoms with van der Waals surface area (Å²) in [5.74, 6) is 3.75. The molecule has 0 saturated heterocycles. The Hall–Kier alpha value is -1.59. The second-order valence-electron chi connectivity index (χ2n) is 8.09. The topological polar surface area (TPSA) is 67.1 Å². The fourth-order valence-electron chi connectivity index (χ4n) is 4.23. The molecule has 2 aliphatic carbocycles. The summed E-state index contributed by atoms with van der Waals surface area (Å²) in [7, 11) is 2.00. The first-order valence-electron chi connectivity index (χ1n) is 10.6. The Kier molecular flexibility index (Phi) is 7.32. The first kappa shape index (κ1) is 19.2. The lowest BCUT2D eigenvalue weighted by Crippen LogP contribution is -2.42. The van der Waals surface area contributed by atoms with Crippen LogP contribution >= 0.6 is 0 Å². The van der Waals surface area contributed by atoms with Crippen molar-refractivity contribution in [2.24, 2.45) is 18.0 Å². The molecule has 0 aliphatic heterocycles. The van der Waals surface area contributed by atoms with Crippen molar-refractivity contribution < 1.29 is 0 Å². The third kappa shape index (κ3) is 5.71. The predicted molar refractivity (Wildman–Crippen MR) is 106 cm³/mol. The molecule has 1 aromatic rings. The van der Waals surface area contributed by atoms with Crippen LogP contribution in [0.5, 0.6) is 0 Å². The van der Waals surface area contributed by atoms with E-state index in [2.05, 4.69) is 20.8 Å². The van der Waals surface area contributed by atoms with Crippen LogP contribution in [0.3, 0.4) is 0 Å². The van der Waals surface area contributed by atoms with Gasteiger partial charge in [-0.1, -0.05) is 44.9 Å². The first-order valence-corrected chi connectivity index (χ1v) is 10.6.